The fourth-order valence-electron chi connectivity index (χ4n) is 3.91. The second kappa shape index (κ2) is 8.69. The summed E-state index contributed by atoms with van der Waals surface area (Å²) in [6.07, 6.45) is 8.05. The Morgan fingerprint density at radius 2 is 1.88 bits per heavy atom. The van der Waals surface area contributed by atoms with Crippen LogP contribution < -0.4 is 15.0 Å². The van der Waals surface area contributed by atoms with Gasteiger partial charge in [-0.25, -0.2) is 4.98 Å². The van der Waals surface area contributed by atoms with Crippen LogP contribution in [-0.2, 0) is 0 Å². The summed E-state index contributed by atoms with van der Waals surface area (Å²) >= 11 is 0. The van der Waals surface area contributed by atoms with Gasteiger partial charge in [-0.15, -0.1) is 0 Å². The minimum atomic E-state index is -0.179. The molecule has 1 aromatic rings. The molecule has 1 aliphatic heterocycles. The van der Waals surface area contributed by atoms with Gasteiger partial charge in [0.25, 0.3) is 5.91 Å². The Morgan fingerprint density at radius 3 is 2.50 bits per heavy atom. The predicted octanol–water partition coefficient (Wildman–Crippen LogP) is 3.52. The number of methoxy groups -OCH3 is 1. The van der Waals surface area contributed by atoms with E-state index >= 15 is 0 Å². The first-order valence-corrected chi connectivity index (χ1v) is 10.1. The van der Waals surface area contributed by atoms with Gasteiger partial charge in [0.1, 0.15) is 0 Å². The van der Waals surface area contributed by atoms with E-state index in [9.17, 15) is 4.79 Å². The molecule has 6 heteroatoms. The Hall–Kier alpha value is -1.85. The lowest BCUT2D eigenvalue weighted by Gasteiger charge is -2.23. The van der Waals surface area contributed by atoms with Crippen LogP contribution in [0.3, 0.4) is 0 Å². The molecular weight excluding hydrogens is 328 g/mol. The van der Waals surface area contributed by atoms with E-state index in [-0.39, 0.29) is 5.91 Å². The van der Waals surface area contributed by atoms with Crippen LogP contribution in [0.1, 0.15) is 80.9 Å². The highest BCUT2D eigenvalue weighted by Crippen LogP contribution is 2.39. The molecule has 3 rings (SSSR count). The maximum atomic E-state index is 12.7. The van der Waals surface area contributed by atoms with Crippen molar-refractivity contribution in [1.82, 2.24) is 15.3 Å². The second-order valence-electron chi connectivity index (χ2n) is 7.90. The van der Waals surface area contributed by atoms with E-state index in [0.717, 1.165) is 43.9 Å². The van der Waals surface area contributed by atoms with Gasteiger partial charge in [0.15, 0.2) is 11.5 Å². The zero-order valence-electron chi connectivity index (χ0n) is 16.4. The molecule has 2 fully saturated rings. The van der Waals surface area contributed by atoms with Gasteiger partial charge < -0.3 is 15.0 Å². The largest absolute Gasteiger partial charge is 0.479 e. The Balaban J connectivity index is 1.90. The first-order valence-electron chi connectivity index (χ1n) is 10.1. The van der Waals surface area contributed by atoms with Gasteiger partial charge in [-0.2, -0.15) is 4.98 Å². The summed E-state index contributed by atoms with van der Waals surface area (Å²) in [5.74, 6) is 2.06. The molecule has 144 valence electrons. The average Bonchev–Trinajstić information content (AvgIpc) is 3.33. The lowest BCUT2D eigenvalue weighted by atomic mass is 10.0. The van der Waals surface area contributed by atoms with Crippen molar-refractivity contribution in [3.8, 4) is 5.88 Å². The van der Waals surface area contributed by atoms with Crippen molar-refractivity contribution < 1.29 is 9.53 Å². The summed E-state index contributed by atoms with van der Waals surface area (Å²) in [6.45, 7) is 6.97. The molecule has 0 radical (unpaired) electrons. The molecule has 0 bridgehead atoms. The SMILES string of the molecule is COc1nc(N2CCCC2)c(C2CCCC2)nc1C(=O)NCCC(C)C. The van der Waals surface area contributed by atoms with E-state index < -0.39 is 0 Å². The third-order valence-electron chi connectivity index (χ3n) is 5.43. The van der Waals surface area contributed by atoms with Crippen LogP contribution in [0.4, 0.5) is 5.82 Å². The standard InChI is InChI=1S/C20H32N4O2/c1-14(2)10-11-21-19(25)17-20(26-3)23-18(24-12-6-7-13-24)16(22-17)15-8-4-5-9-15/h14-15H,4-13H2,1-3H3,(H,21,25). The first-order chi connectivity index (χ1) is 12.6. The number of carbonyl (C=O) groups excluding carboxylic acids is 1. The van der Waals surface area contributed by atoms with Crippen molar-refractivity contribution in [1.29, 1.82) is 0 Å². The third-order valence-corrected chi connectivity index (χ3v) is 5.43. The minimum Gasteiger partial charge on any atom is -0.479 e. The number of nitrogens with zero attached hydrogens (tertiary/aromatic N) is 3. The summed E-state index contributed by atoms with van der Waals surface area (Å²) in [4.78, 5) is 24.6. The van der Waals surface area contributed by atoms with Gasteiger partial charge >= 0.3 is 0 Å². The summed E-state index contributed by atoms with van der Waals surface area (Å²) in [5.41, 5.74) is 1.33. The van der Waals surface area contributed by atoms with E-state index in [4.69, 9.17) is 14.7 Å². The highest BCUT2D eigenvalue weighted by atomic mass is 16.5. The number of carbonyl (C=O) groups is 1. The van der Waals surface area contributed by atoms with Crippen molar-refractivity contribution >= 4 is 11.7 Å². The Kier molecular flexibility index (Phi) is 6.33. The van der Waals surface area contributed by atoms with Gasteiger partial charge in [-0.05, 0) is 38.0 Å². The van der Waals surface area contributed by atoms with E-state index in [1.54, 1.807) is 7.11 Å². The predicted molar refractivity (Wildman–Crippen MR) is 103 cm³/mol. The molecule has 1 amide bonds. The molecular formula is C20H32N4O2. The number of anilines is 1. The third kappa shape index (κ3) is 4.27. The molecule has 0 spiro atoms. The molecule has 1 N–H and O–H groups in total. The van der Waals surface area contributed by atoms with Crippen LogP contribution in [0.5, 0.6) is 5.88 Å². The number of aromatic nitrogens is 2. The summed E-state index contributed by atoms with van der Waals surface area (Å²) < 4.78 is 5.45. The van der Waals surface area contributed by atoms with E-state index in [0.29, 0.717) is 30.0 Å². The van der Waals surface area contributed by atoms with E-state index in [2.05, 4.69) is 24.1 Å². The maximum absolute atomic E-state index is 12.7. The highest BCUT2D eigenvalue weighted by Gasteiger charge is 2.30. The molecule has 2 aliphatic rings. The van der Waals surface area contributed by atoms with Crippen molar-refractivity contribution in [3.63, 3.8) is 0 Å². The number of nitrogens with one attached hydrogen (secondary N) is 1. The summed E-state index contributed by atoms with van der Waals surface area (Å²) in [5, 5.41) is 2.98. The van der Waals surface area contributed by atoms with Crippen LogP contribution in [0.15, 0.2) is 0 Å². The fourth-order valence-corrected chi connectivity index (χ4v) is 3.91. The Labute approximate surface area is 156 Å². The molecule has 0 aromatic carbocycles. The number of rotatable bonds is 7. The van der Waals surface area contributed by atoms with Gasteiger partial charge in [-0.1, -0.05) is 26.7 Å². The molecule has 0 atom stereocenters. The maximum Gasteiger partial charge on any atom is 0.275 e. The summed E-state index contributed by atoms with van der Waals surface area (Å²) in [7, 11) is 1.57. The molecule has 26 heavy (non-hydrogen) atoms. The lowest BCUT2D eigenvalue weighted by Crippen LogP contribution is -2.29. The van der Waals surface area contributed by atoms with E-state index in [1.807, 2.05) is 0 Å². The second-order valence-corrected chi connectivity index (χ2v) is 7.90. The number of hydrogen-bond donors (Lipinski definition) is 1. The topological polar surface area (TPSA) is 67.3 Å². The molecule has 1 aromatic heterocycles. The number of hydrogen-bond acceptors (Lipinski definition) is 5. The lowest BCUT2D eigenvalue weighted by molar-refractivity contribution is 0.0942. The number of amides is 1. The Morgan fingerprint density at radius 1 is 1.19 bits per heavy atom. The fraction of sp³-hybridized carbons (Fsp3) is 0.750. The quantitative estimate of drug-likeness (QED) is 0.806. The zero-order valence-corrected chi connectivity index (χ0v) is 16.4. The zero-order chi connectivity index (χ0) is 18.5. The summed E-state index contributed by atoms with van der Waals surface area (Å²) in [6, 6.07) is 0. The monoisotopic (exact) mass is 360 g/mol. The van der Waals surface area contributed by atoms with E-state index in [1.165, 1.54) is 25.7 Å². The van der Waals surface area contributed by atoms with Crippen molar-refractivity contribution in [2.75, 3.05) is 31.6 Å². The molecule has 0 unspecified atom stereocenters. The Bertz CT molecular complexity index is 620. The first kappa shape index (κ1) is 18.9. The normalized spacial score (nSPS) is 17.9. The van der Waals surface area contributed by atoms with Crippen LogP contribution in [0.25, 0.3) is 0 Å². The van der Waals surface area contributed by atoms with Crippen LogP contribution in [0.2, 0.25) is 0 Å². The van der Waals surface area contributed by atoms with Crippen molar-refractivity contribution in [2.45, 2.75) is 64.7 Å². The smallest absolute Gasteiger partial charge is 0.275 e. The molecule has 1 saturated carbocycles. The molecule has 2 heterocycles. The van der Waals surface area contributed by atoms with Gasteiger partial charge in [0, 0.05) is 25.6 Å². The molecule has 1 aliphatic carbocycles. The van der Waals surface area contributed by atoms with Gasteiger partial charge in [0.2, 0.25) is 5.88 Å². The molecule has 6 nitrogen and oxygen atoms in total. The van der Waals surface area contributed by atoms with Crippen molar-refractivity contribution in [2.24, 2.45) is 5.92 Å². The highest BCUT2D eigenvalue weighted by molar-refractivity contribution is 5.94. The van der Waals surface area contributed by atoms with Gasteiger partial charge in [0.05, 0.1) is 12.8 Å². The van der Waals surface area contributed by atoms with Crippen LogP contribution in [-0.4, -0.2) is 42.6 Å². The van der Waals surface area contributed by atoms with Crippen molar-refractivity contribution in [3.05, 3.63) is 11.4 Å². The van der Waals surface area contributed by atoms with Crippen LogP contribution >= 0.6 is 0 Å². The van der Waals surface area contributed by atoms with Crippen LogP contribution in [0, 0.1) is 5.92 Å². The molecule has 1 saturated heterocycles. The van der Waals surface area contributed by atoms with Gasteiger partial charge in [-0.3, -0.25) is 4.79 Å². The average molecular weight is 361 g/mol. The minimum absolute atomic E-state index is 0.179. The number of ether oxygens (including phenoxy) is 1.